The monoisotopic (exact) mass is 423 g/mol. The summed E-state index contributed by atoms with van der Waals surface area (Å²) in [4.78, 5) is 22.3. The van der Waals surface area contributed by atoms with Crippen molar-refractivity contribution >= 4 is 27.6 Å². The quantitative estimate of drug-likeness (QED) is 0.352. The van der Waals surface area contributed by atoms with Gasteiger partial charge in [0.2, 0.25) is 0 Å². The van der Waals surface area contributed by atoms with Gasteiger partial charge in [-0.05, 0) is 38.1 Å². The molecule has 0 amide bonds. The standard InChI is InChI=1S/C18H18BrNO6/c1-3-24-16-9-13(15(19)10-17(16)25-4-2)11-26-18(21)12-5-7-14(8-6-12)20(22)23/h5-10H,3-4,11H2,1-2H3. The summed E-state index contributed by atoms with van der Waals surface area (Å²) in [5.74, 6) is 0.601. The molecule has 0 fully saturated rings. The number of nitrogens with zero attached hydrogens (tertiary/aromatic N) is 1. The van der Waals surface area contributed by atoms with E-state index in [1.807, 2.05) is 13.8 Å². The maximum absolute atomic E-state index is 12.1. The van der Waals surface area contributed by atoms with E-state index in [1.54, 1.807) is 12.1 Å². The number of benzene rings is 2. The molecule has 2 rings (SSSR count). The van der Waals surface area contributed by atoms with Crippen LogP contribution < -0.4 is 9.47 Å². The lowest BCUT2D eigenvalue weighted by Gasteiger charge is -2.14. The Balaban J connectivity index is 2.11. The lowest BCUT2D eigenvalue weighted by molar-refractivity contribution is -0.384. The Kier molecular flexibility index (Phi) is 6.97. The van der Waals surface area contributed by atoms with E-state index in [9.17, 15) is 14.9 Å². The summed E-state index contributed by atoms with van der Waals surface area (Å²) in [6.07, 6.45) is 0. The van der Waals surface area contributed by atoms with Crippen LogP contribution in [0.2, 0.25) is 0 Å². The molecule has 2 aromatic rings. The van der Waals surface area contributed by atoms with Crippen LogP contribution >= 0.6 is 15.9 Å². The van der Waals surface area contributed by atoms with Gasteiger partial charge >= 0.3 is 5.97 Å². The Hall–Kier alpha value is -2.61. The molecular formula is C18H18BrNO6. The Morgan fingerprint density at radius 2 is 1.65 bits per heavy atom. The van der Waals surface area contributed by atoms with Crippen LogP contribution in [-0.2, 0) is 11.3 Å². The van der Waals surface area contributed by atoms with E-state index in [4.69, 9.17) is 14.2 Å². The molecule has 138 valence electrons. The molecule has 0 atom stereocenters. The normalized spacial score (nSPS) is 10.3. The van der Waals surface area contributed by atoms with E-state index in [1.165, 1.54) is 24.3 Å². The first-order chi connectivity index (χ1) is 12.5. The van der Waals surface area contributed by atoms with E-state index in [2.05, 4.69) is 15.9 Å². The lowest BCUT2D eigenvalue weighted by Crippen LogP contribution is -2.06. The van der Waals surface area contributed by atoms with E-state index in [0.717, 1.165) is 4.47 Å². The first kappa shape index (κ1) is 19.7. The summed E-state index contributed by atoms with van der Waals surface area (Å²) in [5.41, 5.74) is 0.868. The van der Waals surface area contributed by atoms with Gasteiger partial charge in [0.25, 0.3) is 5.69 Å². The third-order valence-corrected chi connectivity index (χ3v) is 4.12. The highest BCUT2D eigenvalue weighted by Crippen LogP contribution is 2.34. The second-order valence-corrected chi connectivity index (χ2v) is 5.99. The van der Waals surface area contributed by atoms with E-state index in [-0.39, 0.29) is 17.9 Å². The highest BCUT2D eigenvalue weighted by Gasteiger charge is 2.14. The van der Waals surface area contributed by atoms with Gasteiger partial charge in [0.05, 0.1) is 23.7 Å². The second-order valence-electron chi connectivity index (χ2n) is 5.14. The Morgan fingerprint density at radius 1 is 1.08 bits per heavy atom. The van der Waals surface area contributed by atoms with E-state index < -0.39 is 10.9 Å². The topological polar surface area (TPSA) is 87.9 Å². The molecule has 26 heavy (non-hydrogen) atoms. The molecule has 0 aliphatic carbocycles. The summed E-state index contributed by atoms with van der Waals surface area (Å²) < 4.78 is 17.1. The predicted octanol–water partition coefficient (Wildman–Crippen LogP) is 4.51. The zero-order valence-corrected chi connectivity index (χ0v) is 15.9. The molecule has 0 aliphatic heterocycles. The second kappa shape index (κ2) is 9.19. The number of nitro groups is 1. The van der Waals surface area contributed by atoms with Crippen molar-refractivity contribution in [3.8, 4) is 11.5 Å². The largest absolute Gasteiger partial charge is 0.490 e. The van der Waals surface area contributed by atoms with Crippen LogP contribution in [-0.4, -0.2) is 24.1 Å². The highest BCUT2D eigenvalue weighted by atomic mass is 79.9. The number of non-ortho nitro benzene ring substituents is 1. The minimum absolute atomic E-state index is 0.0167. The molecule has 0 radical (unpaired) electrons. The molecule has 2 aromatic carbocycles. The fraction of sp³-hybridized carbons (Fsp3) is 0.278. The van der Waals surface area contributed by atoms with Crippen molar-refractivity contribution in [1.29, 1.82) is 0 Å². The van der Waals surface area contributed by atoms with Crippen LogP contribution in [0.5, 0.6) is 11.5 Å². The third-order valence-electron chi connectivity index (χ3n) is 3.39. The smallest absolute Gasteiger partial charge is 0.338 e. The van der Waals surface area contributed by atoms with Crippen molar-refractivity contribution in [1.82, 2.24) is 0 Å². The summed E-state index contributed by atoms with van der Waals surface area (Å²) in [6, 6.07) is 8.76. The molecule has 0 aliphatic rings. The fourth-order valence-electron chi connectivity index (χ4n) is 2.17. The Bertz CT molecular complexity index is 791. The molecular weight excluding hydrogens is 406 g/mol. The van der Waals surface area contributed by atoms with Gasteiger partial charge in [-0.1, -0.05) is 15.9 Å². The fourth-order valence-corrected chi connectivity index (χ4v) is 2.61. The first-order valence-corrected chi connectivity index (χ1v) is 8.75. The number of carbonyl (C=O) groups is 1. The number of esters is 1. The van der Waals surface area contributed by atoms with Crippen molar-refractivity contribution in [2.45, 2.75) is 20.5 Å². The first-order valence-electron chi connectivity index (χ1n) is 7.95. The lowest BCUT2D eigenvalue weighted by atomic mass is 10.2. The number of carbonyl (C=O) groups excluding carboxylic acids is 1. The average molecular weight is 424 g/mol. The van der Waals surface area contributed by atoms with Crippen molar-refractivity contribution in [2.24, 2.45) is 0 Å². The Morgan fingerprint density at radius 3 is 2.19 bits per heavy atom. The molecule has 7 nitrogen and oxygen atoms in total. The van der Waals surface area contributed by atoms with Crippen LogP contribution in [0.15, 0.2) is 40.9 Å². The molecule has 0 heterocycles. The molecule has 8 heteroatoms. The molecule has 0 spiro atoms. The van der Waals surface area contributed by atoms with Gasteiger partial charge < -0.3 is 14.2 Å². The number of nitro benzene ring substituents is 1. The summed E-state index contributed by atoms with van der Waals surface area (Å²) in [7, 11) is 0. The van der Waals surface area contributed by atoms with Crippen LogP contribution in [0.3, 0.4) is 0 Å². The van der Waals surface area contributed by atoms with Gasteiger partial charge in [-0.3, -0.25) is 10.1 Å². The molecule has 0 bridgehead atoms. The summed E-state index contributed by atoms with van der Waals surface area (Å²) >= 11 is 3.43. The van der Waals surface area contributed by atoms with Crippen LogP contribution in [0.1, 0.15) is 29.8 Å². The van der Waals surface area contributed by atoms with Crippen molar-refractivity contribution in [2.75, 3.05) is 13.2 Å². The predicted molar refractivity (Wildman–Crippen MR) is 98.7 cm³/mol. The van der Waals surface area contributed by atoms with Gasteiger partial charge in [-0.15, -0.1) is 0 Å². The minimum Gasteiger partial charge on any atom is -0.490 e. The van der Waals surface area contributed by atoms with E-state index in [0.29, 0.717) is 30.3 Å². The van der Waals surface area contributed by atoms with Crippen molar-refractivity contribution in [3.63, 3.8) is 0 Å². The zero-order chi connectivity index (χ0) is 19.1. The minimum atomic E-state index is -0.571. The number of ether oxygens (including phenoxy) is 3. The van der Waals surface area contributed by atoms with Crippen LogP contribution in [0.25, 0.3) is 0 Å². The molecule has 0 saturated carbocycles. The molecule has 0 saturated heterocycles. The maximum Gasteiger partial charge on any atom is 0.338 e. The van der Waals surface area contributed by atoms with Gasteiger partial charge in [0.15, 0.2) is 11.5 Å². The molecule has 0 aromatic heterocycles. The molecule has 0 N–H and O–H groups in total. The number of rotatable bonds is 8. The summed E-state index contributed by atoms with van der Waals surface area (Å²) in [6.45, 7) is 4.74. The third kappa shape index (κ3) is 4.95. The average Bonchev–Trinajstić information content (AvgIpc) is 2.63. The molecule has 0 unspecified atom stereocenters. The highest BCUT2D eigenvalue weighted by molar-refractivity contribution is 9.10. The van der Waals surface area contributed by atoms with Crippen molar-refractivity contribution in [3.05, 3.63) is 62.1 Å². The van der Waals surface area contributed by atoms with Gasteiger partial charge in [0, 0.05) is 22.2 Å². The van der Waals surface area contributed by atoms with Gasteiger partial charge in [0.1, 0.15) is 6.61 Å². The van der Waals surface area contributed by atoms with Crippen LogP contribution in [0, 0.1) is 10.1 Å². The van der Waals surface area contributed by atoms with E-state index >= 15 is 0 Å². The number of hydrogen-bond acceptors (Lipinski definition) is 6. The number of hydrogen-bond donors (Lipinski definition) is 0. The van der Waals surface area contributed by atoms with Gasteiger partial charge in [-0.2, -0.15) is 0 Å². The van der Waals surface area contributed by atoms with Gasteiger partial charge in [-0.25, -0.2) is 4.79 Å². The Labute approximate surface area is 159 Å². The number of halogens is 1. The maximum atomic E-state index is 12.1. The summed E-state index contributed by atoms with van der Waals surface area (Å²) in [5, 5.41) is 10.7. The van der Waals surface area contributed by atoms with Crippen molar-refractivity contribution < 1.29 is 23.9 Å². The van der Waals surface area contributed by atoms with Crippen LogP contribution in [0.4, 0.5) is 5.69 Å². The zero-order valence-electron chi connectivity index (χ0n) is 14.4. The SMILES string of the molecule is CCOc1cc(Br)c(COC(=O)c2ccc([N+](=O)[O-])cc2)cc1OCC.